The average molecular weight is 391 g/mol. The minimum Gasteiger partial charge on any atom is -0.481 e. The Hall–Kier alpha value is -4.14. The van der Waals surface area contributed by atoms with Gasteiger partial charge in [0.1, 0.15) is 0 Å². The molecule has 0 aliphatic carbocycles. The van der Waals surface area contributed by atoms with Crippen molar-refractivity contribution in [1.29, 1.82) is 0 Å². The van der Waals surface area contributed by atoms with E-state index in [2.05, 4.69) is 15.1 Å². The molecular weight excluding hydrogens is 374 g/mol. The maximum Gasteiger partial charge on any atom is 0.359 e. The van der Waals surface area contributed by atoms with Crippen LogP contribution in [0.15, 0.2) is 70.3 Å². The lowest BCUT2D eigenvalue weighted by atomic mass is 10.0. The summed E-state index contributed by atoms with van der Waals surface area (Å²) in [5.74, 6) is 0.313. The van der Waals surface area contributed by atoms with Crippen LogP contribution >= 0.6 is 0 Å². The van der Waals surface area contributed by atoms with Crippen molar-refractivity contribution in [3.63, 3.8) is 0 Å². The van der Waals surface area contributed by atoms with Crippen molar-refractivity contribution in [2.45, 2.75) is 0 Å². The number of nitrogens with zero attached hydrogens (tertiary/aromatic N) is 4. The molecule has 9 nitrogen and oxygen atoms in total. The highest BCUT2D eigenvalue weighted by Crippen LogP contribution is 2.25. The van der Waals surface area contributed by atoms with Gasteiger partial charge >= 0.3 is 11.4 Å². The highest BCUT2D eigenvalue weighted by atomic mass is 16.5. The lowest BCUT2D eigenvalue weighted by Crippen LogP contribution is -2.28. The van der Waals surface area contributed by atoms with E-state index in [-0.39, 0.29) is 17.7 Å². The van der Waals surface area contributed by atoms with Gasteiger partial charge in [0.2, 0.25) is 11.8 Å². The van der Waals surface area contributed by atoms with Crippen LogP contribution in [-0.4, -0.2) is 38.5 Å². The third kappa shape index (κ3) is 3.29. The molecule has 0 radical (unpaired) electrons. The first-order chi connectivity index (χ1) is 14.1. The first-order valence-corrected chi connectivity index (χ1v) is 8.68. The van der Waals surface area contributed by atoms with E-state index >= 15 is 0 Å². The van der Waals surface area contributed by atoms with Crippen LogP contribution in [0.3, 0.4) is 0 Å². The summed E-state index contributed by atoms with van der Waals surface area (Å²) in [7, 11) is 2.86. The maximum atomic E-state index is 13.1. The van der Waals surface area contributed by atoms with Crippen LogP contribution in [0.5, 0.6) is 11.8 Å². The van der Waals surface area contributed by atoms with E-state index in [1.165, 1.54) is 20.3 Å². The fourth-order valence-corrected chi connectivity index (χ4v) is 2.96. The maximum absolute atomic E-state index is 13.1. The molecule has 0 aliphatic rings. The Balaban J connectivity index is 1.92. The van der Waals surface area contributed by atoms with Gasteiger partial charge in [-0.15, -0.1) is 0 Å². The fraction of sp³-hybridized carbons (Fsp3) is 0.100. The first-order valence-electron chi connectivity index (χ1n) is 8.68. The number of methoxy groups -OCH3 is 2. The highest BCUT2D eigenvalue weighted by molar-refractivity contribution is 5.72. The summed E-state index contributed by atoms with van der Waals surface area (Å²) in [5.41, 5.74) is 0.792. The molecule has 0 atom stereocenters. The molecule has 0 unspecified atom stereocenters. The predicted molar refractivity (Wildman–Crippen MR) is 106 cm³/mol. The molecule has 0 amide bonds. The van der Waals surface area contributed by atoms with E-state index in [1.54, 1.807) is 12.1 Å². The summed E-state index contributed by atoms with van der Waals surface area (Å²) in [4.78, 5) is 34.1. The van der Waals surface area contributed by atoms with E-state index in [9.17, 15) is 9.59 Å². The van der Waals surface area contributed by atoms with Gasteiger partial charge in [0.25, 0.3) is 5.95 Å². The number of benzene rings is 2. The molecule has 29 heavy (non-hydrogen) atoms. The Morgan fingerprint density at radius 2 is 1.48 bits per heavy atom. The monoisotopic (exact) mass is 391 g/mol. The van der Waals surface area contributed by atoms with Crippen molar-refractivity contribution in [2.75, 3.05) is 14.2 Å². The van der Waals surface area contributed by atoms with Crippen LogP contribution in [0.4, 0.5) is 0 Å². The third-order valence-corrected chi connectivity index (χ3v) is 4.31. The average Bonchev–Trinajstić information content (AvgIpc) is 3.07. The van der Waals surface area contributed by atoms with Gasteiger partial charge in [-0.3, -0.25) is 0 Å². The van der Waals surface area contributed by atoms with E-state index in [1.807, 2.05) is 42.5 Å². The summed E-state index contributed by atoms with van der Waals surface area (Å²) >= 11 is 0. The van der Waals surface area contributed by atoms with Gasteiger partial charge in [0.05, 0.1) is 26.0 Å². The van der Waals surface area contributed by atoms with Crippen molar-refractivity contribution >= 4 is 0 Å². The molecule has 146 valence electrons. The van der Waals surface area contributed by atoms with Gasteiger partial charge in [0, 0.05) is 5.56 Å². The highest BCUT2D eigenvalue weighted by Gasteiger charge is 2.18. The van der Waals surface area contributed by atoms with Gasteiger partial charge in [-0.2, -0.15) is 14.6 Å². The molecule has 0 bridgehead atoms. The molecule has 0 saturated heterocycles. The summed E-state index contributed by atoms with van der Waals surface area (Å²) in [5, 5.41) is 2.48. The topological polar surface area (TPSA) is 104 Å². The first kappa shape index (κ1) is 18.2. The minimum absolute atomic E-state index is 0.0701. The third-order valence-electron chi connectivity index (χ3n) is 4.31. The molecule has 4 rings (SSSR count). The molecule has 0 saturated carbocycles. The summed E-state index contributed by atoms with van der Waals surface area (Å²) in [6.07, 6.45) is 0. The number of aromatic amines is 1. The largest absolute Gasteiger partial charge is 0.481 e. The van der Waals surface area contributed by atoms with Crippen LogP contribution in [0.1, 0.15) is 0 Å². The molecule has 2 aromatic heterocycles. The van der Waals surface area contributed by atoms with E-state index in [4.69, 9.17) is 9.47 Å². The van der Waals surface area contributed by atoms with Crippen LogP contribution < -0.4 is 20.9 Å². The van der Waals surface area contributed by atoms with E-state index < -0.39 is 11.4 Å². The lowest BCUT2D eigenvalue weighted by molar-refractivity contribution is 0.369. The molecule has 2 aromatic carbocycles. The zero-order valence-electron chi connectivity index (χ0n) is 15.7. The van der Waals surface area contributed by atoms with Crippen molar-refractivity contribution in [3.8, 4) is 34.5 Å². The smallest absolute Gasteiger partial charge is 0.359 e. The van der Waals surface area contributed by atoms with Crippen LogP contribution in [0.25, 0.3) is 22.8 Å². The summed E-state index contributed by atoms with van der Waals surface area (Å²) in [6, 6.07) is 18.1. The Morgan fingerprint density at radius 3 is 2.14 bits per heavy atom. The minimum atomic E-state index is -0.645. The molecule has 1 N–H and O–H groups in total. The number of H-pyrrole nitrogens is 1. The van der Waals surface area contributed by atoms with Gasteiger partial charge < -0.3 is 9.47 Å². The van der Waals surface area contributed by atoms with E-state index in [0.717, 1.165) is 20.4 Å². The van der Waals surface area contributed by atoms with Crippen molar-refractivity contribution in [2.24, 2.45) is 0 Å². The van der Waals surface area contributed by atoms with Crippen LogP contribution in [0.2, 0.25) is 0 Å². The zero-order valence-corrected chi connectivity index (χ0v) is 15.7. The van der Waals surface area contributed by atoms with Crippen molar-refractivity contribution in [1.82, 2.24) is 24.3 Å². The second-order valence-electron chi connectivity index (χ2n) is 6.01. The Morgan fingerprint density at radius 1 is 0.862 bits per heavy atom. The van der Waals surface area contributed by atoms with Crippen molar-refractivity contribution < 1.29 is 9.47 Å². The molecule has 2 heterocycles. The SMILES string of the molecule is COc1cc(OC)nc(-n2[nH]c(=O)n(-c3ccccc3-c3ccccc3)c2=O)n1. The quantitative estimate of drug-likeness (QED) is 0.556. The van der Waals surface area contributed by atoms with Crippen molar-refractivity contribution in [3.05, 3.63) is 81.6 Å². The van der Waals surface area contributed by atoms with Gasteiger partial charge in [0.15, 0.2) is 0 Å². The molecule has 4 aromatic rings. The fourth-order valence-electron chi connectivity index (χ4n) is 2.96. The number of para-hydroxylation sites is 1. The number of hydrogen-bond acceptors (Lipinski definition) is 6. The summed E-state index contributed by atoms with van der Waals surface area (Å²) in [6.45, 7) is 0. The Kier molecular flexibility index (Phi) is 4.70. The van der Waals surface area contributed by atoms with Gasteiger partial charge in [-0.1, -0.05) is 48.5 Å². The van der Waals surface area contributed by atoms with Crippen LogP contribution in [0, 0.1) is 0 Å². The number of hydrogen-bond donors (Lipinski definition) is 1. The predicted octanol–water partition coefficient (Wildman–Crippen LogP) is 1.79. The zero-order chi connectivity index (χ0) is 20.4. The molecular formula is C20H17N5O4. The van der Waals surface area contributed by atoms with Gasteiger partial charge in [-0.05, 0) is 11.6 Å². The Labute approximate surface area is 164 Å². The molecule has 0 aliphatic heterocycles. The lowest BCUT2D eigenvalue weighted by Gasteiger charge is -2.08. The Bertz CT molecular complexity index is 1250. The number of rotatable bonds is 5. The van der Waals surface area contributed by atoms with Crippen LogP contribution in [-0.2, 0) is 0 Å². The molecule has 0 spiro atoms. The number of ether oxygens (including phenoxy) is 2. The van der Waals surface area contributed by atoms with E-state index in [0.29, 0.717) is 5.69 Å². The normalized spacial score (nSPS) is 10.7. The second kappa shape index (κ2) is 7.47. The number of aromatic nitrogens is 5. The second-order valence-corrected chi connectivity index (χ2v) is 6.01. The molecule has 9 heteroatoms. The van der Waals surface area contributed by atoms with Gasteiger partial charge in [-0.25, -0.2) is 19.3 Å². The standard InChI is InChI=1S/C20H17N5O4/c1-28-16-12-17(29-2)22-18(21-16)25-20(27)24(19(26)23-25)15-11-7-6-10-14(15)13-8-4-3-5-9-13/h3-12H,1-2H3,(H,23,26). The summed E-state index contributed by atoms with van der Waals surface area (Å²) < 4.78 is 12.2. The molecule has 0 fully saturated rings. The number of nitrogens with one attached hydrogen (secondary N) is 1.